The molecule has 0 aliphatic rings. The highest BCUT2D eigenvalue weighted by Crippen LogP contribution is 2.23. The van der Waals surface area contributed by atoms with Gasteiger partial charge in [0.2, 0.25) is 26.2 Å². The fraction of sp³-hybridized carbons (Fsp3) is 0.182. The molecular formula is C11H11BrN4O3S3. The smallest absolute Gasteiger partial charge is 0.236 e. The van der Waals surface area contributed by atoms with Crippen molar-refractivity contribution in [2.45, 2.75) is 4.90 Å². The van der Waals surface area contributed by atoms with Crippen molar-refractivity contribution in [2.75, 3.05) is 22.0 Å². The maximum atomic E-state index is 11.8. The Morgan fingerprint density at radius 1 is 1.27 bits per heavy atom. The molecule has 11 heteroatoms. The Morgan fingerprint density at radius 2 is 1.91 bits per heavy atom. The van der Waals surface area contributed by atoms with Gasteiger partial charge in [-0.25, -0.2) is 8.42 Å². The molecule has 0 saturated carbocycles. The standard InChI is InChI=1S/C11H11BrN4O3S3/c1-22(18,19)16-11-15-14-10(21-11)13-9(17)6-20-8-4-2-7(12)3-5-8/h2-5H,6H2,1H3,(H,15,16)(H,13,14,17). The number of thioether (sulfide) groups is 1. The number of nitrogens with one attached hydrogen (secondary N) is 2. The van der Waals surface area contributed by atoms with E-state index in [1.807, 2.05) is 24.3 Å². The maximum Gasteiger partial charge on any atom is 0.236 e. The number of carbonyl (C=O) groups is 1. The van der Waals surface area contributed by atoms with E-state index in [0.717, 1.165) is 27.0 Å². The zero-order valence-corrected chi connectivity index (χ0v) is 15.3. The van der Waals surface area contributed by atoms with Crippen molar-refractivity contribution in [2.24, 2.45) is 0 Å². The molecule has 0 radical (unpaired) electrons. The zero-order chi connectivity index (χ0) is 16.2. The van der Waals surface area contributed by atoms with Crippen LogP contribution < -0.4 is 10.0 Å². The fourth-order valence-electron chi connectivity index (χ4n) is 1.31. The molecule has 1 aromatic carbocycles. The molecular weight excluding hydrogens is 412 g/mol. The SMILES string of the molecule is CS(=O)(=O)Nc1nnc(NC(=O)CSc2ccc(Br)cc2)s1. The first-order valence-corrected chi connectivity index (χ1v) is 10.3. The first-order chi connectivity index (χ1) is 10.3. The Morgan fingerprint density at radius 3 is 2.55 bits per heavy atom. The summed E-state index contributed by atoms with van der Waals surface area (Å²) in [6, 6.07) is 7.60. The number of hydrogen-bond acceptors (Lipinski definition) is 7. The third-order valence-corrected chi connectivity index (χ3v) is 5.12. The molecule has 0 saturated heterocycles. The number of amides is 1. The van der Waals surface area contributed by atoms with Gasteiger partial charge < -0.3 is 0 Å². The summed E-state index contributed by atoms with van der Waals surface area (Å²) in [7, 11) is -3.40. The van der Waals surface area contributed by atoms with Crippen molar-refractivity contribution in [3.8, 4) is 0 Å². The largest absolute Gasteiger partial charge is 0.300 e. The molecule has 22 heavy (non-hydrogen) atoms. The molecule has 2 aromatic rings. The molecule has 0 aliphatic carbocycles. The average molecular weight is 423 g/mol. The van der Waals surface area contributed by atoms with Crippen LogP contribution in [-0.4, -0.2) is 36.5 Å². The maximum absolute atomic E-state index is 11.8. The van der Waals surface area contributed by atoms with Gasteiger partial charge >= 0.3 is 0 Å². The highest BCUT2D eigenvalue weighted by Gasteiger charge is 2.11. The molecule has 0 fully saturated rings. The predicted octanol–water partition coefficient (Wildman–Crippen LogP) is 2.40. The summed E-state index contributed by atoms with van der Waals surface area (Å²) in [5.41, 5.74) is 0. The highest BCUT2D eigenvalue weighted by molar-refractivity contribution is 9.10. The molecule has 0 bridgehead atoms. The minimum Gasteiger partial charge on any atom is -0.300 e. The van der Waals surface area contributed by atoms with Crippen molar-refractivity contribution < 1.29 is 13.2 Å². The van der Waals surface area contributed by atoms with Crippen LogP contribution in [0.1, 0.15) is 0 Å². The summed E-state index contributed by atoms with van der Waals surface area (Å²) in [6.07, 6.45) is 1.02. The van der Waals surface area contributed by atoms with Gasteiger partial charge in [-0.2, -0.15) is 0 Å². The molecule has 1 amide bonds. The molecule has 0 atom stereocenters. The number of carbonyl (C=O) groups excluding carboxylic acids is 1. The minimum absolute atomic E-state index is 0.110. The van der Waals surface area contributed by atoms with Gasteiger partial charge in [-0.3, -0.25) is 14.8 Å². The Kier molecular flexibility index (Phi) is 5.78. The summed E-state index contributed by atoms with van der Waals surface area (Å²) in [4.78, 5) is 12.8. The van der Waals surface area contributed by atoms with Crippen LogP contribution in [0.3, 0.4) is 0 Å². The number of benzene rings is 1. The van der Waals surface area contributed by atoms with E-state index >= 15 is 0 Å². The van der Waals surface area contributed by atoms with Crippen LogP contribution in [0.15, 0.2) is 33.6 Å². The molecule has 2 rings (SSSR count). The highest BCUT2D eigenvalue weighted by atomic mass is 79.9. The number of rotatable bonds is 6. The predicted molar refractivity (Wildman–Crippen MR) is 91.9 cm³/mol. The van der Waals surface area contributed by atoms with Crippen molar-refractivity contribution in [1.29, 1.82) is 0 Å². The summed E-state index contributed by atoms with van der Waals surface area (Å²) >= 11 is 5.68. The van der Waals surface area contributed by atoms with Gasteiger partial charge in [0.15, 0.2) is 0 Å². The van der Waals surface area contributed by atoms with Gasteiger partial charge in [-0.15, -0.1) is 22.0 Å². The Bertz CT molecular complexity index is 761. The molecule has 1 heterocycles. The van der Waals surface area contributed by atoms with Crippen LogP contribution in [0.4, 0.5) is 10.3 Å². The Labute approximate surface area is 144 Å². The Hall–Kier alpha value is -1.17. The van der Waals surface area contributed by atoms with Crippen LogP contribution in [0.5, 0.6) is 0 Å². The van der Waals surface area contributed by atoms with Crippen molar-refractivity contribution in [3.63, 3.8) is 0 Å². The summed E-state index contributed by atoms with van der Waals surface area (Å²) < 4.78 is 25.3. The number of sulfonamides is 1. The lowest BCUT2D eigenvalue weighted by Gasteiger charge is -2.02. The lowest BCUT2D eigenvalue weighted by Crippen LogP contribution is -2.13. The summed E-state index contributed by atoms with van der Waals surface area (Å²) in [5, 5.41) is 10.3. The van der Waals surface area contributed by atoms with E-state index in [-0.39, 0.29) is 21.9 Å². The van der Waals surface area contributed by atoms with Crippen molar-refractivity contribution >= 4 is 65.2 Å². The third-order valence-electron chi connectivity index (χ3n) is 2.13. The number of anilines is 2. The molecule has 0 unspecified atom stereocenters. The first kappa shape index (κ1) is 17.2. The molecule has 1 aromatic heterocycles. The van der Waals surface area contributed by atoms with Crippen molar-refractivity contribution in [3.05, 3.63) is 28.7 Å². The van der Waals surface area contributed by atoms with Gasteiger partial charge in [0.1, 0.15) is 0 Å². The lowest BCUT2D eigenvalue weighted by molar-refractivity contribution is -0.113. The summed E-state index contributed by atoms with van der Waals surface area (Å²) in [5.74, 6) is -0.0225. The topological polar surface area (TPSA) is 101 Å². The quantitative estimate of drug-likeness (QED) is 0.692. The van der Waals surface area contributed by atoms with Crippen LogP contribution in [0.25, 0.3) is 0 Å². The van der Waals surface area contributed by atoms with E-state index in [1.54, 1.807) is 0 Å². The van der Waals surface area contributed by atoms with Crippen LogP contribution >= 0.6 is 39.0 Å². The van der Waals surface area contributed by atoms with Gasteiger partial charge in [-0.1, -0.05) is 27.3 Å². The van der Waals surface area contributed by atoms with E-state index in [4.69, 9.17) is 0 Å². The van der Waals surface area contributed by atoms with E-state index in [9.17, 15) is 13.2 Å². The van der Waals surface area contributed by atoms with E-state index in [0.29, 0.717) is 0 Å². The molecule has 0 aliphatic heterocycles. The average Bonchev–Trinajstić information content (AvgIpc) is 2.83. The first-order valence-electron chi connectivity index (χ1n) is 5.81. The molecule has 0 spiro atoms. The second kappa shape index (κ2) is 7.40. The van der Waals surface area contributed by atoms with Gasteiger partial charge in [0.25, 0.3) is 0 Å². The van der Waals surface area contributed by atoms with Crippen LogP contribution in [0.2, 0.25) is 0 Å². The summed E-state index contributed by atoms with van der Waals surface area (Å²) in [6.45, 7) is 0. The molecule has 7 nitrogen and oxygen atoms in total. The number of halogens is 1. The monoisotopic (exact) mass is 422 g/mol. The van der Waals surface area contributed by atoms with Gasteiger partial charge in [0, 0.05) is 9.37 Å². The van der Waals surface area contributed by atoms with Gasteiger partial charge in [0.05, 0.1) is 12.0 Å². The lowest BCUT2D eigenvalue weighted by atomic mass is 10.4. The third kappa shape index (κ3) is 5.91. The second-order valence-electron chi connectivity index (χ2n) is 4.08. The Balaban J connectivity index is 1.85. The number of aromatic nitrogens is 2. The van der Waals surface area contributed by atoms with Crippen molar-refractivity contribution in [1.82, 2.24) is 10.2 Å². The zero-order valence-electron chi connectivity index (χ0n) is 11.2. The minimum atomic E-state index is -3.40. The van der Waals surface area contributed by atoms with Crippen LogP contribution in [-0.2, 0) is 14.8 Å². The van der Waals surface area contributed by atoms with E-state index in [1.165, 1.54) is 11.8 Å². The van der Waals surface area contributed by atoms with E-state index < -0.39 is 10.0 Å². The van der Waals surface area contributed by atoms with Gasteiger partial charge in [-0.05, 0) is 24.3 Å². The van der Waals surface area contributed by atoms with Crippen LogP contribution in [0, 0.1) is 0 Å². The number of nitrogens with zero attached hydrogens (tertiary/aromatic N) is 2. The second-order valence-corrected chi connectivity index (χ2v) is 8.77. The van der Waals surface area contributed by atoms with E-state index in [2.05, 4.69) is 36.2 Å². The number of hydrogen-bond donors (Lipinski definition) is 2. The molecule has 118 valence electrons. The molecule has 2 N–H and O–H groups in total. The normalized spacial score (nSPS) is 11.2. The fourth-order valence-corrected chi connectivity index (χ4v) is 3.76.